The molecule has 2 heterocycles. The number of carbonyl (C=O) groups is 2. The molecule has 0 fully saturated rings. The fraction of sp³-hybridized carbons (Fsp3) is 0.240. The van der Waals surface area contributed by atoms with Gasteiger partial charge < -0.3 is 14.5 Å². The Morgan fingerprint density at radius 2 is 1.85 bits per heavy atom. The molecule has 33 heavy (non-hydrogen) atoms. The second-order valence-electron chi connectivity index (χ2n) is 7.91. The first kappa shape index (κ1) is 22.3. The first-order valence-corrected chi connectivity index (χ1v) is 10.5. The third-order valence-corrected chi connectivity index (χ3v) is 5.73. The number of nitrogens with one attached hydrogen (secondary N) is 1. The monoisotopic (exact) mass is 449 g/mol. The summed E-state index contributed by atoms with van der Waals surface area (Å²) in [6.45, 7) is 6.05. The van der Waals surface area contributed by atoms with Crippen LogP contribution >= 0.6 is 0 Å². The van der Waals surface area contributed by atoms with Crippen LogP contribution in [0.4, 0.5) is 10.1 Å². The molecule has 0 radical (unpaired) electrons. The summed E-state index contributed by atoms with van der Waals surface area (Å²) >= 11 is 0. The van der Waals surface area contributed by atoms with Crippen LogP contribution in [0.5, 0.6) is 0 Å². The number of benzene rings is 2. The predicted octanol–water partition coefficient (Wildman–Crippen LogP) is 4.71. The summed E-state index contributed by atoms with van der Waals surface area (Å²) in [5, 5.41) is 7.93. The highest BCUT2D eigenvalue weighted by Gasteiger charge is 2.19. The largest absolute Gasteiger partial charge is 0.469 e. The molecule has 0 aliphatic carbocycles. The average Bonchev–Trinajstić information content (AvgIpc) is 3.26. The number of esters is 1. The van der Waals surface area contributed by atoms with Gasteiger partial charge in [0, 0.05) is 27.9 Å². The van der Waals surface area contributed by atoms with E-state index in [1.54, 1.807) is 19.1 Å². The smallest absolute Gasteiger partial charge is 0.310 e. The lowest BCUT2D eigenvalue weighted by Crippen LogP contribution is -2.12. The lowest BCUT2D eigenvalue weighted by atomic mass is 10.1. The van der Waals surface area contributed by atoms with Crippen molar-refractivity contribution in [2.45, 2.75) is 33.7 Å². The fourth-order valence-electron chi connectivity index (χ4n) is 3.82. The second-order valence-corrected chi connectivity index (χ2v) is 7.91. The minimum atomic E-state index is -0.400. The number of furan rings is 1. The summed E-state index contributed by atoms with van der Waals surface area (Å²) in [5.41, 5.74) is 5.21. The van der Waals surface area contributed by atoms with Crippen molar-refractivity contribution < 1.29 is 23.1 Å². The highest BCUT2D eigenvalue weighted by molar-refractivity contribution is 6.06. The Balaban J connectivity index is 1.47. The highest BCUT2D eigenvalue weighted by atomic mass is 19.1. The van der Waals surface area contributed by atoms with Crippen LogP contribution in [0.1, 0.15) is 38.6 Å². The molecule has 0 unspecified atom stereocenters. The first-order chi connectivity index (χ1) is 15.8. The van der Waals surface area contributed by atoms with Crippen LogP contribution in [0.15, 0.2) is 46.9 Å². The Morgan fingerprint density at radius 1 is 1.12 bits per heavy atom. The van der Waals surface area contributed by atoms with E-state index < -0.39 is 5.91 Å². The van der Waals surface area contributed by atoms with Gasteiger partial charge in [-0.05, 0) is 56.7 Å². The van der Waals surface area contributed by atoms with E-state index in [-0.39, 0.29) is 24.0 Å². The maximum absolute atomic E-state index is 13.5. The summed E-state index contributed by atoms with van der Waals surface area (Å²) in [5.74, 6) is -0.928. The number of hydrogen-bond acceptors (Lipinski definition) is 5. The number of rotatable bonds is 6. The molecule has 170 valence electrons. The number of fused-ring (bicyclic) bond motifs is 1. The van der Waals surface area contributed by atoms with Crippen molar-refractivity contribution >= 4 is 28.5 Å². The third-order valence-electron chi connectivity index (χ3n) is 5.73. The number of amides is 1. The molecule has 1 N–H and O–H groups in total. The van der Waals surface area contributed by atoms with Crippen molar-refractivity contribution in [3.05, 3.63) is 82.1 Å². The molecule has 0 saturated heterocycles. The number of nitrogens with zero attached hydrogens (tertiary/aromatic N) is 2. The van der Waals surface area contributed by atoms with Gasteiger partial charge in [0.25, 0.3) is 5.91 Å². The van der Waals surface area contributed by atoms with Crippen LogP contribution in [-0.2, 0) is 22.5 Å². The SMILES string of the molecule is COC(=O)Cc1c(C)nn(Cc2ccc(NC(=O)c3oc4ccc(F)cc4c3C)cc2)c1C. The quantitative estimate of drug-likeness (QED) is 0.431. The predicted molar refractivity (Wildman–Crippen MR) is 122 cm³/mol. The molecule has 0 saturated carbocycles. The molecular weight excluding hydrogens is 425 g/mol. The summed E-state index contributed by atoms with van der Waals surface area (Å²) in [6, 6.07) is 11.6. The van der Waals surface area contributed by atoms with Gasteiger partial charge in [0.15, 0.2) is 5.76 Å². The molecule has 2 aromatic heterocycles. The molecule has 8 heteroatoms. The molecule has 2 aromatic carbocycles. The van der Waals surface area contributed by atoms with Gasteiger partial charge in [-0.25, -0.2) is 4.39 Å². The Bertz CT molecular complexity index is 1350. The van der Waals surface area contributed by atoms with E-state index in [9.17, 15) is 14.0 Å². The minimum Gasteiger partial charge on any atom is -0.469 e. The van der Waals surface area contributed by atoms with Gasteiger partial charge in [-0.1, -0.05) is 12.1 Å². The van der Waals surface area contributed by atoms with Gasteiger partial charge in [0.05, 0.1) is 25.8 Å². The zero-order valence-corrected chi connectivity index (χ0v) is 18.9. The lowest BCUT2D eigenvalue weighted by Gasteiger charge is -2.08. The van der Waals surface area contributed by atoms with Crippen molar-refractivity contribution in [1.82, 2.24) is 9.78 Å². The molecule has 0 atom stereocenters. The number of halogens is 1. The van der Waals surface area contributed by atoms with Gasteiger partial charge in [-0.15, -0.1) is 0 Å². The van der Waals surface area contributed by atoms with E-state index in [0.29, 0.717) is 28.8 Å². The fourth-order valence-corrected chi connectivity index (χ4v) is 3.82. The summed E-state index contributed by atoms with van der Waals surface area (Å²) < 4.78 is 25.8. The lowest BCUT2D eigenvalue weighted by molar-refractivity contribution is -0.139. The Hall–Kier alpha value is -3.94. The van der Waals surface area contributed by atoms with Gasteiger partial charge >= 0.3 is 5.97 Å². The molecule has 4 rings (SSSR count). The maximum atomic E-state index is 13.5. The number of aromatic nitrogens is 2. The van der Waals surface area contributed by atoms with Crippen molar-refractivity contribution in [2.24, 2.45) is 0 Å². The molecule has 0 spiro atoms. The van der Waals surface area contributed by atoms with Crippen molar-refractivity contribution in [1.29, 1.82) is 0 Å². The highest BCUT2D eigenvalue weighted by Crippen LogP contribution is 2.27. The number of methoxy groups -OCH3 is 1. The van der Waals surface area contributed by atoms with Crippen molar-refractivity contribution in [2.75, 3.05) is 12.4 Å². The number of aryl methyl sites for hydroxylation is 2. The van der Waals surface area contributed by atoms with Crippen LogP contribution in [0, 0.1) is 26.6 Å². The topological polar surface area (TPSA) is 86.4 Å². The van der Waals surface area contributed by atoms with Gasteiger partial charge in [0.1, 0.15) is 11.4 Å². The van der Waals surface area contributed by atoms with E-state index in [2.05, 4.69) is 10.4 Å². The third kappa shape index (κ3) is 4.50. The van der Waals surface area contributed by atoms with Gasteiger partial charge in [-0.2, -0.15) is 5.10 Å². The van der Waals surface area contributed by atoms with Gasteiger partial charge in [-0.3, -0.25) is 14.3 Å². The normalized spacial score (nSPS) is 11.1. The van der Waals surface area contributed by atoms with E-state index >= 15 is 0 Å². The van der Waals surface area contributed by atoms with Crippen molar-refractivity contribution in [3.63, 3.8) is 0 Å². The Kier molecular flexibility index (Phi) is 6.00. The number of ether oxygens (including phenoxy) is 1. The first-order valence-electron chi connectivity index (χ1n) is 10.5. The van der Waals surface area contributed by atoms with Crippen LogP contribution in [-0.4, -0.2) is 28.8 Å². The van der Waals surface area contributed by atoms with E-state index in [1.165, 1.54) is 25.3 Å². The molecule has 0 aliphatic rings. The number of hydrogen-bond donors (Lipinski definition) is 1. The Labute approximate surface area is 190 Å². The molecule has 0 aliphatic heterocycles. The molecule has 1 amide bonds. The summed E-state index contributed by atoms with van der Waals surface area (Å²) in [4.78, 5) is 24.4. The van der Waals surface area contributed by atoms with Crippen LogP contribution in [0.3, 0.4) is 0 Å². The summed E-state index contributed by atoms with van der Waals surface area (Å²) in [7, 11) is 1.37. The molecule has 4 aromatic rings. The summed E-state index contributed by atoms with van der Waals surface area (Å²) in [6.07, 6.45) is 0.187. The second kappa shape index (κ2) is 8.90. The van der Waals surface area contributed by atoms with E-state index in [4.69, 9.17) is 9.15 Å². The standard InChI is InChI=1S/C25H24FN3O4/c1-14-20-11-18(26)7-10-22(20)33-24(14)25(31)27-19-8-5-17(6-9-19)13-29-16(3)21(15(2)28-29)12-23(30)32-4/h5-11H,12-13H2,1-4H3,(H,27,31). The van der Waals surface area contributed by atoms with Gasteiger partial charge in [0.2, 0.25) is 0 Å². The van der Waals surface area contributed by atoms with E-state index in [1.807, 2.05) is 30.7 Å². The number of anilines is 1. The minimum absolute atomic E-state index is 0.153. The van der Waals surface area contributed by atoms with Crippen LogP contribution in [0.2, 0.25) is 0 Å². The zero-order chi connectivity index (χ0) is 23.7. The van der Waals surface area contributed by atoms with Crippen molar-refractivity contribution in [3.8, 4) is 0 Å². The maximum Gasteiger partial charge on any atom is 0.310 e. The van der Waals surface area contributed by atoms with E-state index in [0.717, 1.165) is 22.5 Å². The number of carbonyl (C=O) groups excluding carboxylic acids is 2. The Morgan fingerprint density at radius 3 is 2.55 bits per heavy atom. The molecule has 7 nitrogen and oxygen atoms in total. The molecule has 0 bridgehead atoms. The van der Waals surface area contributed by atoms with Crippen LogP contribution in [0.25, 0.3) is 11.0 Å². The zero-order valence-electron chi connectivity index (χ0n) is 18.9. The molecular formula is C25H24FN3O4. The average molecular weight is 449 g/mol. The van der Waals surface area contributed by atoms with Crippen LogP contribution < -0.4 is 5.32 Å².